The first-order chi connectivity index (χ1) is 37.1. The van der Waals surface area contributed by atoms with E-state index in [1.165, 1.54) is 11.8 Å². The number of aryl methyl sites for hydroxylation is 1. The van der Waals surface area contributed by atoms with E-state index in [0.29, 0.717) is 46.4 Å². The Kier molecular flexibility index (Phi) is 16.2. The van der Waals surface area contributed by atoms with Crippen LogP contribution in [0.4, 0.5) is 5.82 Å². The number of nitriles is 1. The van der Waals surface area contributed by atoms with Crippen molar-refractivity contribution in [2.45, 2.75) is 112 Å². The first kappa shape index (κ1) is 55.7. The van der Waals surface area contributed by atoms with Crippen LogP contribution in [0.2, 0.25) is 5.02 Å². The third kappa shape index (κ3) is 11.4. The van der Waals surface area contributed by atoms with E-state index in [1.807, 2.05) is 75.7 Å². The summed E-state index contributed by atoms with van der Waals surface area (Å²) in [4.78, 5) is 86.4. The van der Waals surface area contributed by atoms with Crippen LogP contribution in [-0.2, 0) is 25.7 Å². The lowest BCUT2D eigenvalue weighted by Crippen LogP contribution is -2.74. The second-order valence-electron chi connectivity index (χ2n) is 22.4. The number of halogens is 1. The van der Waals surface area contributed by atoms with Crippen LogP contribution in [0.3, 0.4) is 0 Å². The number of nitrogens with zero attached hydrogens (tertiary/aromatic N) is 7. The SMILES string of the molecule is CC(=O)O[C@@H]1C[C@@H](C(=O)N[C@@H](C)c2ccc(-c3scnc3C)cc2)N(C(=O)[C@H](C(C)C)N2Cc3cc(OCCN4CCN(c5ccc(C(=O)NC6C(C)(C)C(Oc7ccc(C#N)c(Cl)c7)C6(C)C)cn5)CC4)ccc3C2=O)C1. The van der Waals surface area contributed by atoms with Gasteiger partial charge < -0.3 is 39.5 Å². The molecule has 0 radical (unpaired) electrons. The van der Waals surface area contributed by atoms with Gasteiger partial charge in [0.1, 0.15) is 54.3 Å². The zero-order valence-electron chi connectivity index (χ0n) is 45.7. The Bertz CT molecular complexity index is 3100. The van der Waals surface area contributed by atoms with Gasteiger partial charge in [0.25, 0.3) is 11.8 Å². The van der Waals surface area contributed by atoms with Gasteiger partial charge in [-0.2, -0.15) is 5.26 Å². The number of benzene rings is 3. The van der Waals surface area contributed by atoms with Crippen molar-refractivity contribution in [3.63, 3.8) is 0 Å². The molecule has 3 aliphatic heterocycles. The second-order valence-corrected chi connectivity index (χ2v) is 23.7. The molecular weight excluding hydrogens is 1030 g/mol. The van der Waals surface area contributed by atoms with Gasteiger partial charge in [-0.15, -0.1) is 11.3 Å². The number of carbonyl (C=O) groups is 5. The molecule has 1 aliphatic carbocycles. The molecule has 5 aromatic rings. The lowest BCUT2D eigenvalue weighted by Gasteiger charge is -2.63. The fraction of sp³-hybridized carbons (Fsp3) is 0.458. The van der Waals surface area contributed by atoms with E-state index in [4.69, 9.17) is 25.8 Å². The van der Waals surface area contributed by atoms with Crippen LogP contribution in [0.25, 0.3) is 10.4 Å². The molecule has 4 aliphatic rings. The number of rotatable bonds is 17. The number of amides is 4. The summed E-state index contributed by atoms with van der Waals surface area (Å²) in [6, 6.07) is 21.8. The summed E-state index contributed by atoms with van der Waals surface area (Å²) in [6.07, 6.45) is 0.859. The zero-order chi connectivity index (χ0) is 55.8. The first-order valence-electron chi connectivity index (χ1n) is 26.6. The standard InChI is InChI=1S/C59H68ClN9O8S/c1-34(2)50(55(74)68-32-45(76-37(5)70)28-48(68)53(72)64-35(3)38-10-12-39(13-11-38)51-36(4)63-33-78-51)69-31-42-26-43(17-18-46(42)54(69)73)75-25-24-66-20-22-67(23-21-66)49-19-15-41(30-62-49)52(71)65-56-58(6,7)57(59(56,8)9)77-44-16-14-40(29-61)47(60)27-44/h10-19,26-27,30,33-35,45,48,50,56-57H,20-25,28,31-32H2,1-9H3,(H,64,72)(H,65,71)/t35-,45+,48-,50-,56?,57?/m0/s1. The fourth-order valence-electron chi connectivity index (χ4n) is 12.1. The van der Waals surface area contributed by atoms with Gasteiger partial charge in [-0.25, -0.2) is 9.97 Å². The predicted molar refractivity (Wildman–Crippen MR) is 297 cm³/mol. The highest BCUT2D eigenvalue weighted by Gasteiger charge is 2.64. The van der Waals surface area contributed by atoms with Gasteiger partial charge in [0.2, 0.25) is 11.8 Å². The summed E-state index contributed by atoms with van der Waals surface area (Å²) >= 11 is 7.84. The number of fused-ring (bicyclic) bond motifs is 1. The lowest BCUT2D eigenvalue weighted by atomic mass is 9.49. The molecule has 9 rings (SSSR count). The van der Waals surface area contributed by atoms with E-state index < -0.39 is 35.0 Å². The molecule has 3 aromatic carbocycles. The summed E-state index contributed by atoms with van der Waals surface area (Å²) in [6.45, 7) is 21.6. The van der Waals surface area contributed by atoms with E-state index in [9.17, 15) is 29.2 Å². The average molecular weight is 1100 g/mol. The van der Waals surface area contributed by atoms with Crippen molar-refractivity contribution in [1.29, 1.82) is 5.26 Å². The summed E-state index contributed by atoms with van der Waals surface area (Å²) in [5.41, 5.74) is 6.00. The Hall–Kier alpha value is -7.07. The third-order valence-electron chi connectivity index (χ3n) is 15.9. The van der Waals surface area contributed by atoms with Crippen LogP contribution in [0, 0.1) is 35.0 Å². The average Bonchev–Trinajstić information content (AvgIpc) is 4.27. The maximum absolute atomic E-state index is 14.7. The maximum Gasteiger partial charge on any atom is 0.302 e. The molecule has 78 heavy (non-hydrogen) atoms. The largest absolute Gasteiger partial charge is 0.492 e. The second kappa shape index (κ2) is 22.7. The van der Waals surface area contributed by atoms with E-state index >= 15 is 0 Å². The number of nitrogens with one attached hydrogen (secondary N) is 2. The molecule has 0 unspecified atom stereocenters. The van der Waals surface area contributed by atoms with Crippen LogP contribution in [0.15, 0.2) is 84.5 Å². The molecule has 2 saturated heterocycles. The zero-order valence-corrected chi connectivity index (χ0v) is 47.2. The minimum absolute atomic E-state index is 0.0292. The highest BCUT2D eigenvalue weighted by Crippen LogP contribution is 2.55. The third-order valence-corrected chi connectivity index (χ3v) is 17.2. The number of aromatic nitrogens is 2. The van der Waals surface area contributed by atoms with Crippen molar-refractivity contribution in [3.05, 3.63) is 123 Å². The molecule has 4 amide bonds. The molecule has 1 saturated carbocycles. The van der Waals surface area contributed by atoms with Crippen LogP contribution in [-0.4, -0.2) is 130 Å². The van der Waals surface area contributed by atoms with E-state index in [-0.39, 0.29) is 67.2 Å². The summed E-state index contributed by atoms with van der Waals surface area (Å²) in [5, 5.41) is 15.9. The predicted octanol–water partition coefficient (Wildman–Crippen LogP) is 8.24. The number of likely N-dealkylation sites (tertiary alicyclic amines) is 1. The van der Waals surface area contributed by atoms with Crippen molar-refractivity contribution in [3.8, 4) is 28.0 Å². The van der Waals surface area contributed by atoms with E-state index in [0.717, 1.165) is 59.3 Å². The molecule has 2 aromatic heterocycles. The molecule has 0 bridgehead atoms. The van der Waals surface area contributed by atoms with Gasteiger partial charge >= 0.3 is 5.97 Å². The van der Waals surface area contributed by atoms with Gasteiger partial charge in [-0.3, -0.25) is 28.9 Å². The monoisotopic (exact) mass is 1100 g/mol. The molecule has 19 heteroatoms. The van der Waals surface area contributed by atoms with Crippen molar-refractivity contribution < 1.29 is 38.2 Å². The van der Waals surface area contributed by atoms with Crippen molar-refractivity contribution in [2.24, 2.45) is 16.7 Å². The smallest absolute Gasteiger partial charge is 0.302 e. The van der Waals surface area contributed by atoms with Gasteiger partial charge in [-0.05, 0) is 78.9 Å². The normalized spacial score (nSPS) is 21.3. The van der Waals surface area contributed by atoms with Crippen LogP contribution in [0.1, 0.15) is 111 Å². The first-order valence-corrected chi connectivity index (χ1v) is 27.9. The number of anilines is 1. The van der Waals surface area contributed by atoms with Crippen LogP contribution in [0.5, 0.6) is 11.5 Å². The maximum atomic E-state index is 14.7. The topological polar surface area (TPSA) is 200 Å². The molecular formula is C59H68ClN9O8S. The molecule has 410 valence electrons. The number of esters is 1. The number of pyridine rings is 1. The van der Waals surface area contributed by atoms with E-state index in [1.54, 1.807) is 52.8 Å². The minimum atomic E-state index is -0.920. The number of hydrogen-bond acceptors (Lipinski definition) is 14. The van der Waals surface area contributed by atoms with Crippen LogP contribution >= 0.6 is 22.9 Å². The number of hydrogen-bond donors (Lipinski definition) is 2. The van der Waals surface area contributed by atoms with Gasteiger partial charge in [0.05, 0.1) is 44.8 Å². The number of piperazine rings is 1. The molecule has 4 atom stereocenters. The Balaban J connectivity index is 0.751. The molecule has 0 spiro atoms. The van der Waals surface area contributed by atoms with Crippen molar-refractivity contribution >= 4 is 58.4 Å². The summed E-state index contributed by atoms with van der Waals surface area (Å²) < 4.78 is 18.2. The Morgan fingerprint density at radius 3 is 2.27 bits per heavy atom. The van der Waals surface area contributed by atoms with Gasteiger partial charge in [0, 0.05) is 87.3 Å². The number of carbonyl (C=O) groups excluding carboxylic acids is 5. The number of thiazole rings is 1. The highest BCUT2D eigenvalue weighted by atomic mass is 35.5. The van der Waals surface area contributed by atoms with Crippen molar-refractivity contribution in [1.82, 2.24) is 35.3 Å². The molecule has 2 N–H and O–H groups in total. The summed E-state index contributed by atoms with van der Waals surface area (Å²) in [5.74, 6) is -0.0271. The summed E-state index contributed by atoms with van der Waals surface area (Å²) in [7, 11) is 0. The molecule has 5 heterocycles. The quantitative estimate of drug-likeness (QED) is 0.0845. The van der Waals surface area contributed by atoms with Crippen LogP contribution < -0.4 is 25.0 Å². The Morgan fingerprint density at radius 1 is 0.923 bits per heavy atom. The minimum Gasteiger partial charge on any atom is -0.492 e. The Morgan fingerprint density at radius 2 is 1.64 bits per heavy atom. The van der Waals surface area contributed by atoms with Gasteiger partial charge in [0.15, 0.2) is 0 Å². The molecule has 17 nitrogen and oxygen atoms in total. The van der Waals surface area contributed by atoms with E-state index in [2.05, 4.69) is 64.2 Å². The number of ether oxygens (including phenoxy) is 3. The van der Waals surface area contributed by atoms with Gasteiger partial charge in [-0.1, -0.05) is 77.4 Å². The van der Waals surface area contributed by atoms with Crippen molar-refractivity contribution in [2.75, 3.05) is 50.8 Å². The lowest BCUT2D eigenvalue weighted by molar-refractivity contribution is -0.164. The molecule has 3 fully saturated rings. The highest BCUT2D eigenvalue weighted by molar-refractivity contribution is 7.13. The fourth-order valence-corrected chi connectivity index (χ4v) is 13.1. The Labute approximate surface area is 465 Å².